The first-order chi connectivity index (χ1) is 30.8. The zero-order valence-corrected chi connectivity index (χ0v) is 33.8. The van der Waals surface area contributed by atoms with Crippen LogP contribution in [0.2, 0.25) is 0 Å². The van der Waals surface area contributed by atoms with Crippen LogP contribution in [0.5, 0.6) is 0 Å². The lowest BCUT2D eigenvalue weighted by Crippen LogP contribution is -2.26. The molecule has 11 aromatic rings. The molecule has 1 spiro atoms. The maximum Gasteiger partial charge on any atom is 0.135 e. The fourth-order valence-corrected chi connectivity index (χ4v) is 10.8. The van der Waals surface area contributed by atoms with Gasteiger partial charge < -0.3 is 4.42 Å². The van der Waals surface area contributed by atoms with Crippen molar-refractivity contribution in [3.8, 4) is 67.0 Å². The van der Waals surface area contributed by atoms with E-state index in [1.807, 2.05) is 12.1 Å². The summed E-state index contributed by atoms with van der Waals surface area (Å²) in [5, 5.41) is 7.69. The molecular formula is C59H38N2O. The van der Waals surface area contributed by atoms with Crippen LogP contribution in [-0.4, -0.2) is 9.78 Å². The number of hydrogen-bond acceptors (Lipinski definition) is 2. The Balaban J connectivity index is 1.02. The van der Waals surface area contributed by atoms with E-state index in [0.29, 0.717) is 6.54 Å². The number of aromatic nitrogens is 2. The smallest absolute Gasteiger partial charge is 0.135 e. The molecule has 13 rings (SSSR count). The molecule has 2 aromatic heterocycles. The normalized spacial score (nSPS) is 13.0. The molecule has 0 atom stereocenters. The van der Waals surface area contributed by atoms with E-state index in [1.165, 1.54) is 66.8 Å². The molecule has 0 saturated carbocycles. The number of fused-ring (bicyclic) bond motifs is 13. The summed E-state index contributed by atoms with van der Waals surface area (Å²) < 4.78 is 8.45. The highest BCUT2D eigenvalue weighted by molar-refractivity contribution is 6.06. The molecule has 0 N–H and O–H groups in total. The fourth-order valence-electron chi connectivity index (χ4n) is 10.8. The Kier molecular flexibility index (Phi) is 7.58. The number of benzene rings is 9. The standard InChI is InChI=1S/C59H38N2O/c1-2-17-38(18-3-1)54-36-55(61(60-54)37-40-19-4-5-20-41(40)39-33-34-57-50(35-39)47-26-11-15-32-56(47)62-57)46-25-7-6-21-42(46)48-27-16-28-49-45-24-10-14-31-53(45)59(58(48)49)51-29-12-8-22-43(51)44-23-9-13-30-52(44)59/h1-36H,37H2. The summed E-state index contributed by atoms with van der Waals surface area (Å²) in [4.78, 5) is 0. The zero-order chi connectivity index (χ0) is 40.8. The van der Waals surface area contributed by atoms with Crippen molar-refractivity contribution in [3.05, 3.63) is 246 Å². The molecule has 0 aliphatic heterocycles. The van der Waals surface area contributed by atoms with Crippen LogP contribution in [0.1, 0.15) is 27.8 Å². The Hall–Kier alpha value is -8.01. The fraction of sp³-hybridized carbons (Fsp3) is 0.0339. The third-order valence-electron chi connectivity index (χ3n) is 13.4. The Morgan fingerprint density at radius 1 is 0.387 bits per heavy atom. The Labute approximate surface area is 359 Å². The summed E-state index contributed by atoms with van der Waals surface area (Å²) in [6.45, 7) is 0.583. The van der Waals surface area contributed by atoms with Crippen LogP contribution in [-0.2, 0) is 12.0 Å². The monoisotopic (exact) mass is 790 g/mol. The van der Waals surface area contributed by atoms with Crippen LogP contribution in [0.25, 0.3) is 89.0 Å². The van der Waals surface area contributed by atoms with Crippen molar-refractivity contribution in [2.24, 2.45) is 0 Å². The molecule has 9 aromatic carbocycles. The summed E-state index contributed by atoms with van der Waals surface area (Å²) in [7, 11) is 0. The second kappa shape index (κ2) is 13.5. The van der Waals surface area contributed by atoms with E-state index in [2.05, 4.69) is 211 Å². The maximum atomic E-state index is 6.22. The van der Waals surface area contributed by atoms with Gasteiger partial charge in [-0.3, -0.25) is 4.68 Å². The highest BCUT2D eigenvalue weighted by Crippen LogP contribution is 2.64. The van der Waals surface area contributed by atoms with Crippen molar-refractivity contribution in [1.82, 2.24) is 9.78 Å². The SMILES string of the molecule is c1ccc(-c2cc(-c3ccccc3-c3cccc4c3C3(c5ccccc5-c5ccccc53)c3ccccc3-4)n(Cc3ccccc3-c3ccc4oc5ccccc5c4c3)n2)cc1. The highest BCUT2D eigenvalue weighted by atomic mass is 16.3. The highest BCUT2D eigenvalue weighted by Gasteiger charge is 2.52. The first-order valence-electron chi connectivity index (χ1n) is 21.4. The summed E-state index contributed by atoms with van der Waals surface area (Å²) in [5.41, 5.74) is 22.1. The second-order valence-corrected chi connectivity index (χ2v) is 16.6. The first-order valence-corrected chi connectivity index (χ1v) is 21.4. The number of nitrogens with zero attached hydrogens (tertiary/aromatic N) is 2. The number of hydrogen-bond donors (Lipinski definition) is 0. The summed E-state index contributed by atoms with van der Waals surface area (Å²) in [6.07, 6.45) is 0. The Morgan fingerprint density at radius 2 is 0.919 bits per heavy atom. The number of para-hydroxylation sites is 1. The molecule has 0 saturated heterocycles. The van der Waals surface area contributed by atoms with Crippen molar-refractivity contribution in [3.63, 3.8) is 0 Å². The van der Waals surface area contributed by atoms with Crippen LogP contribution in [0.15, 0.2) is 223 Å². The average molecular weight is 791 g/mol. The molecule has 2 aliphatic carbocycles. The van der Waals surface area contributed by atoms with E-state index < -0.39 is 5.41 Å². The minimum atomic E-state index is -0.474. The summed E-state index contributed by atoms with van der Waals surface area (Å²) >= 11 is 0. The molecule has 0 unspecified atom stereocenters. The van der Waals surface area contributed by atoms with Crippen molar-refractivity contribution in [1.29, 1.82) is 0 Å². The first kappa shape index (κ1) is 34.8. The van der Waals surface area contributed by atoms with E-state index >= 15 is 0 Å². The molecule has 0 amide bonds. The lowest BCUT2D eigenvalue weighted by atomic mass is 9.68. The molecule has 3 nitrogen and oxygen atoms in total. The third kappa shape index (κ3) is 4.97. The lowest BCUT2D eigenvalue weighted by Gasteiger charge is -2.32. The van der Waals surface area contributed by atoms with Gasteiger partial charge >= 0.3 is 0 Å². The van der Waals surface area contributed by atoms with E-state index in [0.717, 1.165) is 50.0 Å². The minimum absolute atomic E-state index is 0.474. The van der Waals surface area contributed by atoms with Gasteiger partial charge in [-0.1, -0.05) is 194 Å². The molecular weight excluding hydrogens is 753 g/mol. The molecule has 0 bridgehead atoms. The largest absolute Gasteiger partial charge is 0.456 e. The maximum absolute atomic E-state index is 6.22. The minimum Gasteiger partial charge on any atom is -0.456 e. The number of rotatable bonds is 6. The molecule has 2 heterocycles. The predicted molar refractivity (Wildman–Crippen MR) is 253 cm³/mol. The van der Waals surface area contributed by atoms with Gasteiger partial charge in [0.15, 0.2) is 0 Å². The quantitative estimate of drug-likeness (QED) is 0.168. The molecule has 0 radical (unpaired) electrons. The van der Waals surface area contributed by atoms with E-state index in [9.17, 15) is 0 Å². The predicted octanol–water partition coefficient (Wildman–Crippen LogP) is 14.8. The Bertz CT molecular complexity index is 3510. The van der Waals surface area contributed by atoms with Crippen LogP contribution >= 0.6 is 0 Å². The van der Waals surface area contributed by atoms with Crippen molar-refractivity contribution in [2.75, 3.05) is 0 Å². The zero-order valence-electron chi connectivity index (χ0n) is 33.8. The van der Waals surface area contributed by atoms with Gasteiger partial charge in [0.1, 0.15) is 11.2 Å². The van der Waals surface area contributed by atoms with Crippen LogP contribution in [0.4, 0.5) is 0 Å². The summed E-state index contributed by atoms with van der Waals surface area (Å²) in [5.74, 6) is 0. The van der Waals surface area contributed by atoms with Gasteiger partial charge in [0.05, 0.1) is 23.3 Å². The molecule has 62 heavy (non-hydrogen) atoms. The van der Waals surface area contributed by atoms with Gasteiger partial charge in [0.2, 0.25) is 0 Å². The van der Waals surface area contributed by atoms with E-state index in [4.69, 9.17) is 9.52 Å². The van der Waals surface area contributed by atoms with Gasteiger partial charge in [0, 0.05) is 21.9 Å². The van der Waals surface area contributed by atoms with Gasteiger partial charge in [-0.05, 0) is 96.6 Å². The summed E-state index contributed by atoms with van der Waals surface area (Å²) in [6, 6.07) is 79.5. The Morgan fingerprint density at radius 3 is 1.65 bits per heavy atom. The number of furan rings is 1. The molecule has 3 heteroatoms. The van der Waals surface area contributed by atoms with Crippen molar-refractivity contribution >= 4 is 21.9 Å². The second-order valence-electron chi connectivity index (χ2n) is 16.6. The van der Waals surface area contributed by atoms with Crippen molar-refractivity contribution in [2.45, 2.75) is 12.0 Å². The van der Waals surface area contributed by atoms with E-state index in [-0.39, 0.29) is 0 Å². The third-order valence-corrected chi connectivity index (χ3v) is 13.4. The van der Waals surface area contributed by atoms with Crippen LogP contribution in [0.3, 0.4) is 0 Å². The van der Waals surface area contributed by atoms with Gasteiger partial charge in [0.25, 0.3) is 0 Å². The topological polar surface area (TPSA) is 31.0 Å². The lowest BCUT2D eigenvalue weighted by molar-refractivity contribution is 0.669. The van der Waals surface area contributed by atoms with Gasteiger partial charge in [-0.15, -0.1) is 0 Å². The van der Waals surface area contributed by atoms with E-state index in [1.54, 1.807) is 0 Å². The average Bonchev–Trinajstić information content (AvgIpc) is 4.09. The van der Waals surface area contributed by atoms with Crippen LogP contribution in [0, 0.1) is 0 Å². The molecule has 290 valence electrons. The van der Waals surface area contributed by atoms with Crippen molar-refractivity contribution < 1.29 is 4.42 Å². The van der Waals surface area contributed by atoms with Gasteiger partial charge in [-0.25, -0.2) is 0 Å². The van der Waals surface area contributed by atoms with Crippen LogP contribution < -0.4 is 0 Å². The molecule has 0 fully saturated rings. The molecule has 2 aliphatic rings. The van der Waals surface area contributed by atoms with Gasteiger partial charge in [-0.2, -0.15) is 5.10 Å².